The molecule has 0 saturated carbocycles. The minimum Gasteiger partial charge on any atom is -0.477 e. The number of carbonyl (C=O) groups is 5. The Hall–Kier alpha value is -4.59. The van der Waals surface area contributed by atoms with Crippen molar-refractivity contribution < 1.29 is 171 Å². The van der Waals surface area contributed by atoms with Gasteiger partial charge in [0, 0.05) is 43.3 Å². The maximum atomic E-state index is 13.8. The Morgan fingerprint density at radius 2 is 1.08 bits per heavy atom. The lowest BCUT2D eigenvalue weighted by Crippen LogP contribution is -2.72. The van der Waals surface area contributed by atoms with Crippen LogP contribution in [0, 0.1) is 0 Å². The third kappa shape index (κ3) is 26.5. The number of unbranched alkanes of at least 4 members (excludes halogenated alkanes) is 14. The molecule has 2 unspecified atom stereocenters. The van der Waals surface area contributed by atoms with E-state index in [9.17, 15) is 124 Å². The van der Waals surface area contributed by atoms with Crippen LogP contribution in [0.25, 0.3) is 0 Å². The largest absolute Gasteiger partial charge is 0.477 e. The molecule has 0 bridgehead atoms. The maximum Gasteiger partial charge on any atom is 0.446 e. The number of thioether (sulfide) groups is 1. The molecule has 6 rings (SSSR count). The summed E-state index contributed by atoms with van der Waals surface area (Å²) in [6.45, 7) is -2.52. The number of benzene rings is 1. The van der Waals surface area contributed by atoms with Crippen LogP contribution in [0.4, 0.5) is 18.9 Å². The lowest BCUT2D eigenvalue weighted by Gasteiger charge is -2.52. The van der Waals surface area contributed by atoms with Crippen LogP contribution in [0.1, 0.15) is 130 Å². The van der Waals surface area contributed by atoms with Crippen LogP contribution in [-0.2, 0) is 71.3 Å². The highest BCUT2D eigenvalue weighted by molar-refractivity contribution is 8.00. The normalized spacial score (nSPS) is 34.4. The molecule has 28 atom stereocenters. The number of alkyl halides is 3. The average molecular weight is 1580 g/mol. The number of hydrogen-bond acceptors (Lipinski definition) is 32. The van der Waals surface area contributed by atoms with Crippen molar-refractivity contribution in [2.75, 3.05) is 45.0 Å². The summed E-state index contributed by atoms with van der Waals surface area (Å²) in [5.41, 5.74) is -4.51. The van der Waals surface area contributed by atoms with E-state index in [-0.39, 0.29) is 28.8 Å². The minimum absolute atomic E-state index is 0.0415. The predicted molar refractivity (Wildman–Crippen MR) is 364 cm³/mol. The van der Waals surface area contributed by atoms with E-state index >= 15 is 0 Å². The number of aliphatic carboxylic acids is 1. The molecule has 0 aromatic heterocycles. The number of hydrogen-bond donors (Lipinski definition) is 21. The smallest absolute Gasteiger partial charge is 0.446 e. The first kappa shape index (κ1) is 92.3. The van der Waals surface area contributed by atoms with Crippen LogP contribution in [0.5, 0.6) is 0 Å². The molecule has 1 aromatic rings. The van der Waals surface area contributed by atoms with E-state index in [0.717, 1.165) is 70.2 Å². The summed E-state index contributed by atoms with van der Waals surface area (Å²) in [5, 5.41) is 198. The molecule has 620 valence electrons. The number of nitrogens with one attached hydrogen (secondary N) is 4. The molecular formula is C68H109F3N4O32S. The van der Waals surface area contributed by atoms with Gasteiger partial charge in [0.05, 0.1) is 63.9 Å². The van der Waals surface area contributed by atoms with Gasteiger partial charge in [0.15, 0.2) is 25.2 Å². The van der Waals surface area contributed by atoms with Gasteiger partial charge in [-0.1, -0.05) is 96.8 Å². The number of anilines is 1. The molecule has 4 amide bonds. The first-order valence-corrected chi connectivity index (χ1v) is 37.1. The van der Waals surface area contributed by atoms with Gasteiger partial charge in [0.1, 0.15) is 116 Å². The molecule has 0 aliphatic carbocycles. The van der Waals surface area contributed by atoms with E-state index in [1.807, 2.05) is 0 Å². The van der Waals surface area contributed by atoms with Crippen molar-refractivity contribution in [1.82, 2.24) is 16.0 Å². The van der Waals surface area contributed by atoms with Gasteiger partial charge < -0.3 is 155 Å². The average Bonchev–Trinajstić information content (AvgIpc) is 0.747. The van der Waals surface area contributed by atoms with E-state index in [2.05, 4.69) is 28.2 Å². The number of carbonyl (C=O) groups excluding carboxylic acids is 4. The van der Waals surface area contributed by atoms with Gasteiger partial charge in [0.25, 0.3) is 5.79 Å². The first-order valence-electron chi connectivity index (χ1n) is 36.3. The van der Waals surface area contributed by atoms with Crippen molar-refractivity contribution in [3.63, 3.8) is 0 Å². The fourth-order valence-corrected chi connectivity index (χ4v) is 13.8. The van der Waals surface area contributed by atoms with Gasteiger partial charge in [-0.3, -0.25) is 19.2 Å². The molecule has 40 heteroatoms. The number of amides is 4. The number of ether oxygens (including phenoxy) is 10. The number of rotatable bonds is 43. The Morgan fingerprint density at radius 1 is 0.593 bits per heavy atom. The second-order valence-corrected chi connectivity index (χ2v) is 28.6. The van der Waals surface area contributed by atoms with Crippen LogP contribution >= 0.6 is 11.8 Å². The summed E-state index contributed by atoms with van der Waals surface area (Å²) in [7, 11) is 0. The number of aliphatic hydroxyl groups excluding tert-OH is 16. The summed E-state index contributed by atoms with van der Waals surface area (Å²) in [6.07, 6.45) is -35.0. The van der Waals surface area contributed by atoms with Crippen molar-refractivity contribution in [3.05, 3.63) is 36.4 Å². The summed E-state index contributed by atoms with van der Waals surface area (Å²) in [5.74, 6) is -8.97. The zero-order valence-electron chi connectivity index (χ0n) is 60.1. The molecule has 1 aromatic carbocycles. The highest BCUT2D eigenvalue weighted by Gasteiger charge is 2.62. The lowest BCUT2D eigenvalue weighted by molar-refractivity contribution is -0.403. The van der Waals surface area contributed by atoms with Crippen LogP contribution in [-0.4, -0.2) is 333 Å². The Morgan fingerprint density at radius 3 is 1.63 bits per heavy atom. The SMILES string of the molecule is CCCCCCCCCCCCCCCCCC(=O)N[C@@H](CO[C@@H]1O[C@H](CO)[C@@H](O[C@@H]2O[C@H](CO)[C@H](O[C@@H]3O[C@H](CO)[C@H](O)[C@H](O[C@@H]4O[C@H](CO)[C@H](O)[C@H](O)[C@H]4O)[C@H]3NC(C)=O)[C@H](OC3(C(=O)O)C[C@H](O)[C@@H](NC(C)=O)[C@H](C(O)[C@H](O)CO)O3)[C@H]2O)[C@H](O)[C@H]1O)[C@H](O)/C=C\C(=O)Nc1ccc(SC(F)(F)F)cc1. The quantitative estimate of drug-likeness (QED) is 0.0171. The summed E-state index contributed by atoms with van der Waals surface area (Å²) in [4.78, 5) is 65.8. The van der Waals surface area contributed by atoms with Crippen molar-refractivity contribution in [2.45, 2.75) is 311 Å². The Labute approximate surface area is 625 Å². The van der Waals surface area contributed by atoms with Crippen molar-refractivity contribution in [1.29, 1.82) is 0 Å². The number of carboxylic acids is 1. The lowest BCUT2D eigenvalue weighted by atomic mass is 9.88. The molecule has 36 nitrogen and oxygen atoms in total. The van der Waals surface area contributed by atoms with Crippen LogP contribution in [0.15, 0.2) is 41.3 Å². The second kappa shape index (κ2) is 44.8. The molecule has 5 heterocycles. The molecule has 0 radical (unpaired) electrons. The Bertz CT molecular complexity index is 2910. The molecule has 21 N–H and O–H groups in total. The molecule has 5 aliphatic heterocycles. The molecule has 0 spiro atoms. The molecular weight excluding hydrogens is 1470 g/mol. The maximum absolute atomic E-state index is 13.8. The van der Waals surface area contributed by atoms with Crippen molar-refractivity contribution in [2.24, 2.45) is 0 Å². The van der Waals surface area contributed by atoms with Gasteiger partial charge in [-0.2, -0.15) is 13.2 Å². The van der Waals surface area contributed by atoms with Gasteiger partial charge in [-0.15, -0.1) is 0 Å². The molecule has 108 heavy (non-hydrogen) atoms. The number of carboxylic acid groups (broad SMARTS) is 1. The number of halogens is 3. The van der Waals surface area contributed by atoms with E-state index in [1.165, 1.54) is 63.5 Å². The van der Waals surface area contributed by atoms with Gasteiger partial charge in [-0.05, 0) is 48.5 Å². The fourth-order valence-electron chi connectivity index (χ4n) is 13.3. The highest BCUT2D eigenvalue weighted by Crippen LogP contribution is 2.42. The summed E-state index contributed by atoms with van der Waals surface area (Å²) >= 11 is -0.378. The van der Waals surface area contributed by atoms with E-state index in [0.29, 0.717) is 12.8 Å². The van der Waals surface area contributed by atoms with Crippen LogP contribution in [0.3, 0.4) is 0 Å². The summed E-state index contributed by atoms with van der Waals surface area (Å²) in [6, 6.07) is -0.607. The first-order chi connectivity index (χ1) is 51.2. The monoisotopic (exact) mass is 1580 g/mol. The zero-order valence-corrected chi connectivity index (χ0v) is 60.9. The fraction of sp³-hybridized carbons (Fsp3) is 0.809. The highest BCUT2D eigenvalue weighted by atomic mass is 32.2. The minimum atomic E-state index is -4.58. The Balaban J connectivity index is 1.26. The zero-order chi connectivity index (χ0) is 79.7. The summed E-state index contributed by atoms with van der Waals surface area (Å²) < 4.78 is 98.3. The number of aliphatic hydroxyl groups is 16. The van der Waals surface area contributed by atoms with Crippen molar-refractivity contribution in [3.8, 4) is 0 Å². The van der Waals surface area contributed by atoms with Crippen molar-refractivity contribution >= 4 is 47.0 Å². The second-order valence-electron chi connectivity index (χ2n) is 27.4. The topological polar surface area (TPSA) is 570 Å². The molecule has 5 saturated heterocycles. The van der Waals surface area contributed by atoms with E-state index in [1.54, 1.807) is 0 Å². The van der Waals surface area contributed by atoms with E-state index < -0.39 is 252 Å². The van der Waals surface area contributed by atoms with Gasteiger partial charge in [0.2, 0.25) is 23.6 Å². The van der Waals surface area contributed by atoms with Gasteiger partial charge in [-0.25, -0.2) is 4.79 Å². The van der Waals surface area contributed by atoms with E-state index in [4.69, 9.17) is 47.4 Å². The Kier molecular flexibility index (Phi) is 38.2. The third-order valence-electron chi connectivity index (χ3n) is 19.1. The molecule has 5 fully saturated rings. The standard InChI is InChI=1S/C68H109F3N4O32S/c1-4-5-6-7-8-9-10-11-12-13-14-15-16-17-18-19-45(86)75-37(38(83)24-25-46(87)74-35-20-22-36(23-21-35)108-68(69,70)71)32-98-63-55(94)53(92)57(43(30-79)101-63)103-65-56(95)61(107-67(66(96)97)26-39(84)47(72-33(2)81)60(106-67)49(88)40(85)27-76)58(44(31-80)102-65)104-62-48(73-34(3)82)59(51(90)42(29-78)99-62)105-64-54(93)52(91)50(89)41(28-77)100-64/h20-25,37-44,47-65,76-80,83-85,88-95H,4-19,26-32H2,1-3H3,(H,72,81)(H,73,82)(H,74,87)(H,75,86)(H,96,97)/b25-24-/t37-,38+,39-,40+,41+,42+,43+,44+,47+,48+,49?,50-,51-,52-,53+,54+,55+,56+,57+,58-,59+,60+,61+,62-,63+,64-,65-,67?/m0/s1. The third-order valence-corrected chi connectivity index (χ3v) is 19.8. The van der Waals surface area contributed by atoms with Gasteiger partial charge >= 0.3 is 11.5 Å². The predicted octanol–water partition coefficient (Wildman–Crippen LogP) is -3.49. The van der Waals surface area contributed by atoms with Crippen LogP contribution < -0.4 is 21.3 Å². The molecule has 5 aliphatic rings. The van der Waals surface area contributed by atoms with Crippen LogP contribution in [0.2, 0.25) is 0 Å².